The summed E-state index contributed by atoms with van der Waals surface area (Å²) in [6.07, 6.45) is -0.615. The molecule has 2 aromatic rings. The second-order valence-corrected chi connectivity index (χ2v) is 6.02. The SMILES string of the molecule is Cc1ccc(Br)c(C(O)C(CN)c2ccccc2C)c1. The lowest BCUT2D eigenvalue weighted by Gasteiger charge is -2.25. The molecule has 0 radical (unpaired) electrons. The molecule has 2 unspecified atom stereocenters. The second kappa shape index (κ2) is 6.53. The van der Waals surface area contributed by atoms with Crippen molar-refractivity contribution in [3.05, 3.63) is 69.2 Å². The highest BCUT2D eigenvalue weighted by Gasteiger charge is 2.24. The average Bonchev–Trinajstić information content (AvgIpc) is 2.44. The summed E-state index contributed by atoms with van der Waals surface area (Å²) in [5, 5.41) is 10.8. The van der Waals surface area contributed by atoms with E-state index in [0.29, 0.717) is 6.54 Å². The van der Waals surface area contributed by atoms with Gasteiger partial charge in [-0.15, -0.1) is 0 Å². The van der Waals surface area contributed by atoms with Gasteiger partial charge in [-0.25, -0.2) is 0 Å². The molecular weight excluding hydrogens is 314 g/mol. The number of hydrogen-bond acceptors (Lipinski definition) is 2. The predicted octanol–water partition coefficient (Wildman–Crippen LogP) is 3.84. The van der Waals surface area contributed by atoms with E-state index >= 15 is 0 Å². The first-order valence-corrected chi connectivity index (χ1v) is 7.53. The van der Waals surface area contributed by atoms with Crippen molar-refractivity contribution in [2.45, 2.75) is 25.9 Å². The molecule has 0 aliphatic carbocycles. The topological polar surface area (TPSA) is 46.2 Å². The van der Waals surface area contributed by atoms with Crippen molar-refractivity contribution in [1.29, 1.82) is 0 Å². The predicted molar refractivity (Wildman–Crippen MR) is 86.8 cm³/mol. The Morgan fingerprint density at radius 1 is 1.10 bits per heavy atom. The molecule has 0 fully saturated rings. The van der Waals surface area contributed by atoms with Gasteiger partial charge in [-0.05, 0) is 36.6 Å². The van der Waals surface area contributed by atoms with Gasteiger partial charge in [0.15, 0.2) is 0 Å². The fourth-order valence-corrected chi connectivity index (χ4v) is 3.02. The van der Waals surface area contributed by atoms with E-state index < -0.39 is 6.10 Å². The smallest absolute Gasteiger partial charge is 0.0881 e. The van der Waals surface area contributed by atoms with E-state index in [1.807, 2.05) is 43.3 Å². The highest BCUT2D eigenvalue weighted by molar-refractivity contribution is 9.10. The van der Waals surface area contributed by atoms with E-state index in [9.17, 15) is 5.11 Å². The van der Waals surface area contributed by atoms with Gasteiger partial charge in [0.2, 0.25) is 0 Å². The molecule has 2 nitrogen and oxygen atoms in total. The van der Waals surface area contributed by atoms with Crippen LogP contribution in [0.3, 0.4) is 0 Å². The lowest BCUT2D eigenvalue weighted by atomic mass is 9.86. The second-order valence-electron chi connectivity index (χ2n) is 5.17. The molecule has 3 heteroatoms. The van der Waals surface area contributed by atoms with Crippen LogP contribution >= 0.6 is 15.9 Å². The van der Waals surface area contributed by atoms with Crippen LogP contribution in [-0.4, -0.2) is 11.7 Å². The zero-order valence-electron chi connectivity index (χ0n) is 11.8. The fourth-order valence-electron chi connectivity index (χ4n) is 2.54. The van der Waals surface area contributed by atoms with Crippen LogP contribution in [0.2, 0.25) is 0 Å². The van der Waals surface area contributed by atoms with E-state index in [1.54, 1.807) is 0 Å². The quantitative estimate of drug-likeness (QED) is 0.892. The molecule has 0 amide bonds. The van der Waals surface area contributed by atoms with Crippen molar-refractivity contribution < 1.29 is 5.11 Å². The van der Waals surface area contributed by atoms with Crippen LogP contribution < -0.4 is 5.73 Å². The third-order valence-corrected chi connectivity index (χ3v) is 4.42. The Labute approximate surface area is 128 Å². The first kappa shape index (κ1) is 15.2. The highest BCUT2D eigenvalue weighted by atomic mass is 79.9. The van der Waals surface area contributed by atoms with E-state index in [4.69, 9.17) is 5.73 Å². The minimum atomic E-state index is -0.615. The van der Waals surface area contributed by atoms with Crippen LogP contribution in [0.5, 0.6) is 0 Å². The molecule has 2 rings (SSSR count). The molecule has 2 aromatic carbocycles. The molecule has 0 aromatic heterocycles. The van der Waals surface area contributed by atoms with E-state index in [1.165, 1.54) is 0 Å². The largest absolute Gasteiger partial charge is 0.388 e. The normalized spacial score (nSPS) is 14.1. The van der Waals surface area contributed by atoms with Crippen molar-refractivity contribution >= 4 is 15.9 Å². The molecule has 3 N–H and O–H groups in total. The van der Waals surface area contributed by atoms with Crippen LogP contribution in [-0.2, 0) is 0 Å². The monoisotopic (exact) mass is 333 g/mol. The Balaban J connectivity index is 2.41. The van der Waals surface area contributed by atoms with Crippen LogP contribution in [0.1, 0.15) is 34.3 Å². The maximum Gasteiger partial charge on any atom is 0.0881 e. The lowest BCUT2D eigenvalue weighted by molar-refractivity contribution is 0.146. The van der Waals surface area contributed by atoms with Gasteiger partial charge in [-0.3, -0.25) is 0 Å². The first-order valence-electron chi connectivity index (χ1n) is 6.74. The molecule has 0 bridgehead atoms. The number of halogens is 1. The maximum atomic E-state index is 10.8. The molecule has 20 heavy (non-hydrogen) atoms. The number of benzene rings is 2. The maximum absolute atomic E-state index is 10.8. The van der Waals surface area contributed by atoms with Crippen LogP contribution in [0, 0.1) is 13.8 Å². The van der Waals surface area contributed by atoms with Gasteiger partial charge in [0.05, 0.1) is 6.10 Å². The molecule has 0 saturated heterocycles. The van der Waals surface area contributed by atoms with Crippen molar-refractivity contribution in [3.8, 4) is 0 Å². The van der Waals surface area contributed by atoms with Crippen molar-refractivity contribution in [2.24, 2.45) is 5.73 Å². The molecule has 0 aliphatic heterocycles. The number of aliphatic hydroxyl groups is 1. The van der Waals surface area contributed by atoms with Gasteiger partial charge in [-0.1, -0.05) is 57.9 Å². The number of hydrogen-bond donors (Lipinski definition) is 2. The Hall–Kier alpha value is -1.16. The van der Waals surface area contributed by atoms with Crippen LogP contribution in [0.25, 0.3) is 0 Å². The summed E-state index contributed by atoms with van der Waals surface area (Å²) >= 11 is 3.52. The Morgan fingerprint density at radius 2 is 1.80 bits per heavy atom. The third kappa shape index (κ3) is 3.11. The number of aryl methyl sites for hydroxylation is 2. The molecule has 106 valence electrons. The molecule has 0 saturated carbocycles. The minimum Gasteiger partial charge on any atom is -0.388 e. The summed E-state index contributed by atoms with van der Waals surface area (Å²) in [4.78, 5) is 0. The summed E-state index contributed by atoms with van der Waals surface area (Å²) in [5.74, 6) is -0.103. The Kier molecular flexibility index (Phi) is 4.97. The standard InChI is InChI=1S/C17H20BrNO/c1-11-7-8-16(18)14(9-11)17(20)15(10-19)13-6-4-3-5-12(13)2/h3-9,15,17,20H,10,19H2,1-2H3. The van der Waals surface area contributed by atoms with Gasteiger partial charge in [0, 0.05) is 16.9 Å². The number of aliphatic hydroxyl groups excluding tert-OH is 1. The van der Waals surface area contributed by atoms with Gasteiger partial charge < -0.3 is 10.8 Å². The average molecular weight is 334 g/mol. The summed E-state index contributed by atoms with van der Waals surface area (Å²) in [5.41, 5.74) is 10.2. The minimum absolute atomic E-state index is 0.103. The fraction of sp³-hybridized carbons (Fsp3) is 0.294. The lowest BCUT2D eigenvalue weighted by Crippen LogP contribution is -2.21. The molecule has 0 spiro atoms. The molecular formula is C17H20BrNO. The summed E-state index contributed by atoms with van der Waals surface area (Å²) < 4.78 is 0.919. The highest BCUT2D eigenvalue weighted by Crippen LogP contribution is 2.35. The molecule has 2 atom stereocenters. The van der Waals surface area contributed by atoms with Crippen LogP contribution in [0.4, 0.5) is 0 Å². The van der Waals surface area contributed by atoms with Gasteiger partial charge in [0.1, 0.15) is 0 Å². The summed E-state index contributed by atoms with van der Waals surface area (Å²) in [6, 6.07) is 14.1. The zero-order chi connectivity index (χ0) is 14.7. The van der Waals surface area contributed by atoms with Gasteiger partial charge in [-0.2, -0.15) is 0 Å². The first-order chi connectivity index (χ1) is 9.54. The molecule has 0 heterocycles. The van der Waals surface area contributed by atoms with Crippen molar-refractivity contribution in [1.82, 2.24) is 0 Å². The van der Waals surface area contributed by atoms with Crippen LogP contribution in [0.15, 0.2) is 46.9 Å². The van der Waals surface area contributed by atoms with E-state index in [-0.39, 0.29) is 5.92 Å². The van der Waals surface area contributed by atoms with E-state index in [2.05, 4.69) is 28.9 Å². The Morgan fingerprint density at radius 3 is 2.45 bits per heavy atom. The summed E-state index contributed by atoms with van der Waals surface area (Å²) in [7, 11) is 0. The number of rotatable bonds is 4. The summed E-state index contributed by atoms with van der Waals surface area (Å²) in [6.45, 7) is 4.48. The third-order valence-electron chi connectivity index (χ3n) is 3.69. The molecule has 0 aliphatic rings. The van der Waals surface area contributed by atoms with Gasteiger partial charge >= 0.3 is 0 Å². The van der Waals surface area contributed by atoms with Crippen molar-refractivity contribution in [3.63, 3.8) is 0 Å². The van der Waals surface area contributed by atoms with E-state index in [0.717, 1.165) is 26.7 Å². The Bertz CT molecular complexity index is 597. The van der Waals surface area contributed by atoms with Crippen molar-refractivity contribution in [2.75, 3.05) is 6.54 Å². The van der Waals surface area contributed by atoms with Gasteiger partial charge in [0.25, 0.3) is 0 Å². The number of nitrogens with two attached hydrogens (primary N) is 1. The zero-order valence-corrected chi connectivity index (χ0v) is 13.4.